The highest BCUT2D eigenvalue weighted by Gasteiger charge is 2.09. The molecule has 7 heteroatoms. The molecule has 0 radical (unpaired) electrons. The molecule has 2 rings (SSSR count). The Morgan fingerprint density at radius 2 is 2.15 bits per heavy atom. The third-order valence-corrected chi connectivity index (χ3v) is 2.80. The van der Waals surface area contributed by atoms with Gasteiger partial charge < -0.3 is 10.1 Å². The molecule has 0 bridgehead atoms. The second kappa shape index (κ2) is 6.14. The van der Waals surface area contributed by atoms with Crippen molar-refractivity contribution in [3.63, 3.8) is 0 Å². The summed E-state index contributed by atoms with van der Waals surface area (Å²) in [4.78, 5) is 19.7. The van der Waals surface area contributed by atoms with Gasteiger partial charge in [0.05, 0.1) is 19.3 Å². The second-order valence-electron chi connectivity index (χ2n) is 4.35. The quantitative estimate of drug-likeness (QED) is 0.869. The molecule has 2 heterocycles. The van der Waals surface area contributed by atoms with Gasteiger partial charge in [-0.1, -0.05) is 0 Å². The van der Waals surface area contributed by atoms with Crippen molar-refractivity contribution < 1.29 is 9.53 Å². The van der Waals surface area contributed by atoms with Crippen LogP contribution in [-0.4, -0.2) is 39.3 Å². The van der Waals surface area contributed by atoms with E-state index in [9.17, 15) is 4.79 Å². The molecule has 0 aliphatic rings. The van der Waals surface area contributed by atoms with E-state index in [1.807, 2.05) is 24.6 Å². The molecular formula is C13H17N5O2. The first kappa shape index (κ1) is 14.0. The van der Waals surface area contributed by atoms with E-state index in [1.165, 1.54) is 19.5 Å². The number of carbonyl (C=O) groups is 1. The molecule has 2 aromatic heterocycles. The number of methoxy groups -OCH3 is 1. The SMILES string of the molecule is COc1cc(C(=O)NCCn2nc(C)cc2C)ncn1. The smallest absolute Gasteiger partial charge is 0.270 e. The Kier molecular flexibility index (Phi) is 4.29. The average molecular weight is 275 g/mol. The number of nitrogens with one attached hydrogen (secondary N) is 1. The zero-order valence-electron chi connectivity index (χ0n) is 11.8. The Hall–Kier alpha value is -2.44. The molecule has 106 valence electrons. The van der Waals surface area contributed by atoms with Crippen LogP contribution in [0.1, 0.15) is 21.9 Å². The van der Waals surface area contributed by atoms with Crippen LogP contribution in [0.5, 0.6) is 5.88 Å². The maximum atomic E-state index is 11.9. The van der Waals surface area contributed by atoms with E-state index >= 15 is 0 Å². The van der Waals surface area contributed by atoms with Gasteiger partial charge in [0, 0.05) is 18.3 Å². The molecule has 7 nitrogen and oxygen atoms in total. The molecule has 0 spiro atoms. The Labute approximate surface area is 117 Å². The van der Waals surface area contributed by atoms with E-state index in [1.54, 1.807) is 0 Å². The summed E-state index contributed by atoms with van der Waals surface area (Å²) in [5.41, 5.74) is 2.32. The first-order chi connectivity index (χ1) is 9.60. The largest absolute Gasteiger partial charge is 0.481 e. The van der Waals surface area contributed by atoms with Crippen molar-refractivity contribution in [3.05, 3.63) is 35.5 Å². The van der Waals surface area contributed by atoms with Gasteiger partial charge in [0.15, 0.2) is 0 Å². The lowest BCUT2D eigenvalue weighted by Gasteiger charge is -2.07. The highest BCUT2D eigenvalue weighted by molar-refractivity contribution is 5.92. The minimum absolute atomic E-state index is 0.257. The summed E-state index contributed by atoms with van der Waals surface area (Å²) >= 11 is 0. The predicted molar refractivity (Wildman–Crippen MR) is 72.6 cm³/mol. The Balaban J connectivity index is 1.90. The van der Waals surface area contributed by atoms with E-state index in [0.29, 0.717) is 19.0 Å². The summed E-state index contributed by atoms with van der Waals surface area (Å²) in [5, 5.41) is 7.12. The van der Waals surface area contributed by atoms with Crippen LogP contribution in [0.25, 0.3) is 0 Å². The Morgan fingerprint density at radius 1 is 1.35 bits per heavy atom. The zero-order valence-corrected chi connectivity index (χ0v) is 11.8. The van der Waals surface area contributed by atoms with Crippen LogP contribution in [-0.2, 0) is 6.54 Å². The highest BCUT2D eigenvalue weighted by Crippen LogP contribution is 2.05. The Bertz CT molecular complexity index is 609. The van der Waals surface area contributed by atoms with E-state index in [4.69, 9.17) is 4.74 Å². The molecule has 0 aromatic carbocycles. The first-order valence-electron chi connectivity index (χ1n) is 6.25. The lowest BCUT2D eigenvalue weighted by atomic mass is 10.3. The van der Waals surface area contributed by atoms with Gasteiger partial charge in [0.2, 0.25) is 5.88 Å². The Morgan fingerprint density at radius 3 is 2.80 bits per heavy atom. The summed E-state index contributed by atoms with van der Waals surface area (Å²) in [7, 11) is 1.49. The molecule has 0 saturated carbocycles. The van der Waals surface area contributed by atoms with Crippen LogP contribution in [0.4, 0.5) is 0 Å². The lowest BCUT2D eigenvalue weighted by Crippen LogP contribution is -2.28. The van der Waals surface area contributed by atoms with Crippen molar-refractivity contribution in [1.82, 2.24) is 25.1 Å². The standard InChI is InChI=1S/C13H17N5O2/c1-9-6-10(2)18(17-9)5-4-14-13(19)11-7-12(20-3)16-8-15-11/h6-8H,4-5H2,1-3H3,(H,14,19). The van der Waals surface area contributed by atoms with Crippen molar-refractivity contribution in [2.24, 2.45) is 0 Å². The van der Waals surface area contributed by atoms with Crippen LogP contribution in [0.3, 0.4) is 0 Å². The number of ether oxygens (including phenoxy) is 1. The first-order valence-corrected chi connectivity index (χ1v) is 6.25. The van der Waals surface area contributed by atoms with Gasteiger partial charge in [-0.2, -0.15) is 5.10 Å². The van der Waals surface area contributed by atoms with Gasteiger partial charge in [-0.25, -0.2) is 9.97 Å². The summed E-state index contributed by atoms with van der Waals surface area (Å²) < 4.78 is 6.81. The monoisotopic (exact) mass is 275 g/mol. The zero-order chi connectivity index (χ0) is 14.5. The molecule has 20 heavy (non-hydrogen) atoms. The third kappa shape index (κ3) is 3.31. The number of aryl methyl sites for hydroxylation is 2. The van der Waals surface area contributed by atoms with Crippen molar-refractivity contribution in [2.75, 3.05) is 13.7 Å². The van der Waals surface area contributed by atoms with Crippen molar-refractivity contribution in [3.8, 4) is 5.88 Å². The maximum absolute atomic E-state index is 11.9. The summed E-state index contributed by atoms with van der Waals surface area (Å²) in [6.45, 7) is 5.02. The molecule has 0 unspecified atom stereocenters. The van der Waals surface area contributed by atoms with Gasteiger partial charge in [0.1, 0.15) is 12.0 Å². The molecule has 0 aliphatic carbocycles. The van der Waals surface area contributed by atoms with E-state index in [0.717, 1.165) is 11.4 Å². The van der Waals surface area contributed by atoms with E-state index < -0.39 is 0 Å². The van der Waals surface area contributed by atoms with Crippen LogP contribution in [0.15, 0.2) is 18.5 Å². The molecule has 0 saturated heterocycles. The fourth-order valence-electron chi connectivity index (χ4n) is 1.84. The number of aromatic nitrogens is 4. The summed E-state index contributed by atoms with van der Waals surface area (Å²) in [6.07, 6.45) is 1.30. The number of carbonyl (C=O) groups excluding carboxylic acids is 1. The van der Waals surface area contributed by atoms with Gasteiger partial charge in [-0.15, -0.1) is 0 Å². The fraction of sp³-hybridized carbons (Fsp3) is 0.385. The molecular weight excluding hydrogens is 258 g/mol. The van der Waals surface area contributed by atoms with Crippen molar-refractivity contribution >= 4 is 5.91 Å². The second-order valence-corrected chi connectivity index (χ2v) is 4.35. The van der Waals surface area contributed by atoms with Gasteiger partial charge in [-0.3, -0.25) is 9.48 Å². The molecule has 0 atom stereocenters. The fourth-order valence-corrected chi connectivity index (χ4v) is 1.84. The van der Waals surface area contributed by atoms with Crippen LogP contribution in [0.2, 0.25) is 0 Å². The average Bonchev–Trinajstić information content (AvgIpc) is 2.77. The highest BCUT2D eigenvalue weighted by atomic mass is 16.5. The third-order valence-electron chi connectivity index (χ3n) is 2.80. The van der Waals surface area contributed by atoms with E-state index in [2.05, 4.69) is 20.4 Å². The number of amides is 1. The van der Waals surface area contributed by atoms with Gasteiger partial charge in [-0.05, 0) is 19.9 Å². The van der Waals surface area contributed by atoms with Gasteiger partial charge in [0.25, 0.3) is 5.91 Å². The minimum atomic E-state index is -0.257. The van der Waals surface area contributed by atoms with Crippen LogP contribution < -0.4 is 10.1 Å². The molecule has 1 amide bonds. The van der Waals surface area contributed by atoms with Crippen molar-refractivity contribution in [1.29, 1.82) is 0 Å². The predicted octanol–water partition coefficient (Wildman–Crippen LogP) is 0.729. The molecule has 2 aromatic rings. The summed E-state index contributed by atoms with van der Waals surface area (Å²) in [5.74, 6) is 0.107. The van der Waals surface area contributed by atoms with Gasteiger partial charge >= 0.3 is 0 Å². The number of rotatable bonds is 5. The summed E-state index contributed by atoms with van der Waals surface area (Å²) in [6, 6.07) is 3.50. The maximum Gasteiger partial charge on any atom is 0.270 e. The minimum Gasteiger partial charge on any atom is -0.481 e. The van der Waals surface area contributed by atoms with E-state index in [-0.39, 0.29) is 11.6 Å². The normalized spacial score (nSPS) is 10.3. The van der Waals surface area contributed by atoms with Crippen LogP contribution >= 0.6 is 0 Å². The number of nitrogens with zero attached hydrogens (tertiary/aromatic N) is 4. The topological polar surface area (TPSA) is 81.9 Å². The molecule has 0 fully saturated rings. The number of hydrogen-bond acceptors (Lipinski definition) is 5. The number of hydrogen-bond donors (Lipinski definition) is 1. The lowest BCUT2D eigenvalue weighted by molar-refractivity contribution is 0.0946. The van der Waals surface area contributed by atoms with Crippen LogP contribution in [0, 0.1) is 13.8 Å². The van der Waals surface area contributed by atoms with Crippen molar-refractivity contribution in [2.45, 2.75) is 20.4 Å². The molecule has 1 N–H and O–H groups in total. The molecule has 0 aliphatic heterocycles.